The Balaban J connectivity index is 1.45. The van der Waals surface area contributed by atoms with Crippen LogP contribution in [0.15, 0.2) is 82.1 Å². The summed E-state index contributed by atoms with van der Waals surface area (Å²) in [6.07, 6.45) is 0. The Hall–Kier alpha value is -4.22. The van der Waals surface area contributed by atoms with Gasteiger partial charge in [-0.2, -0.15) is 4.31 Å². The Labute approximate surface area is 208 Å². The lowest BCUT2D eigenvalue weighted by Gasteiger charge is -2.17. The molecule has 1 heterocycles. The minimum atomic E-state index is -3.74. The molecule has 11 heteroatoms. The largest absolute Gasteiger partial charge is 0.497 e. The van der Waals surface area contributed by atoms with Gasteiger partial charge in [-0.3, -0.25) is 10.1 Å². The molecule has 186 valence electrons. The van der Waals surface area contributed by atoms with Crippen molar-refractivity contribution in [2.45, 2.75) is 11.4 Å². The van der Waals surface area contributed by atoms with E-state index in [0.717, 1.165) is 5.56 Å². The summed E-state index contributed by atoms with van der Waals surface area (Å²) in [5.41, 5.74) is 1.62. The van der Waals surface area contributed by atoms with Crippen molar-refractivity contribution in [1.82, 2.24) is 14.5 Å². The maximum Gasteiger partial charge on any atom is 0.322 e. The van der Waals surface area contributed by atoms with Crippen molar-refractivity contribution >= 4 is 21.9 Å². The van der Waals surface area contributed by atoms with E-state index in [1.165, 1.54) is 42.7 Å². The van der Waals surface area contributed by atoms with Crippen molar-refractivity contribution < 1.29 is 27.1 Å². The lowest BCUT2D eigenvalue weighted by Crippen LogP contribution is -2.26. The Kier molecular flexibility index (Phi) is 7.32. The second kappa shape index (κ2) is 10.6. The molecule has 36 heavy (non-hydrogen) atoms. The Bertz CT molecular complexity index is 1450. The number of nitrogens with one attached hydrogen (secondary N) is 1. The van der Waals surface area contributed by atoms with Crippen molar-refractivity contribution in [2.24, 2.45) is 0 Å². The van der Waals surface area contributed by atoms with Crippen LogP contribution in [0.5, 0.6) is 11.5 Å². The average Bonchev–Trinajstić information content (AvgIpc) is 3.37. The maximum atomic E-state index is 12.9. The van der Waals surface area contributed by atoms with Crippen molar-refractivity contribution in [1.29, 1.82) is 0 Å². The van der Waals surface area contributed by atoms with Crippen LogP contribution in [-0.4, -0.2) is 50.1 Å². The smallest absolute Gasteiger partial charge is 0.322 e. The molecule has 0 saturated heterocycles. The van der Waals surface area contributed by atoms with E-state index in [2.05, 4.69) is 15.5 Å². The molecule has 1 aromatic heterocycles. The summed E-state index contributed by atoms with van der Waals surface area (Å²) in [4.78, 5) is 12.7. The Morgan fingerprint density at radius 3 is 2.36 bits per heavy atom. The molecule has 0 spiro atoms. The standard InChI is InChI=1S/C25H24N4O6S/c1-29(16-17-7-5-4-6-8-17)36(31,32)20-12-9-18(10-13-20)23(30)26-25-28-27-24(35-25)21-14-11-19(33-2)15-22(21)34-3/h4-15H,16H2,1-3H3,(H,26,28,30). The van der Waals surface area contributed by atoms with Crippen molar-refractivity contribution in [3.05, 3.63) is 83.9 Å². The van der Waals surface area contributed by atoms with E-state index in [1.54, 1.807) is 25.3 Å². The SMILES string of the molecule is COc1ccc(-c2nnc(NC(=O)c3ccc(S(=O)(=O)N(C)Cc4ccccc4)cc3)o2)c(OC)c1. The number of carbonyl (C=O) groups is 1. The normalized spacial score (nSPS) is 11.3. The van der Waals surface area contributed by atoms with Crippen molar-refractivity contribution in [2.75, 3.05) is 26.6 Å². The molecule has 1 amide bonds. The van der Waals surface area contributed by atoms with Gasteiger partial charge in [0, 0.05) is 25.2 Å². The number of amides is 1. The van der Waals surface area contributed by atoms with E-state index in [1.807, 2.05) is 30.3 Å². The first-order chi connectivity index (χ1) is 17.3. The highest BCUT2D eigenvalue weighted by molar-refractivity contribution is 7.89. The summed E-state index contributed by atoms with van der Waals surface area (Å²) >= 11 is 0. The quantitative estimate of drug-likeness (QED) is 0.362. The van der Waals surface area contributed by atoms with Gasteiger partial charge in [-0.1, -0.05) is 35.4 Å². The number of hydrogen-bond donors (Lipinski definition) is 1. The predicted octanol–water partition coefficient (Wildman–Crippen LogP) is 3.83. The molecular weight excluding hydrogens is 484 g/mol. The summed E-state index contributed by atoms with van der Waals surface area (Å²) in [5, 5.41) is 10.3. The number of sulfonamides is 1. The van der Waals surface area contributed by atoms with E-state index in [9.17, 15) is 13.2 Å². The lowest BCUT2D eigenvalue weighted by molar-refractivity contribution is 0.102. The number of carbonyl (C=O) groups excluding carboxylic acids is 1. The van der Waals surface area contributed by atoms with Gasteiger partial charge in [0.1, 0.15) is 11.5 Å². The third kappa shape index (κ3) is 5.37. The molecule has 3 aromatic carbocycles. The molecule has 0 saturated carbocycles. The second-order valence-electron chi connectivity index (χ2n) is 7.70. The Morgan fingerprint density at radius 1 is 0.972 bits per heavy atom. The van der Waals surface area contributed by atoms with Crippen LogP contribution in [-0.2, 0) is 16.6 Å². The first kappa shape index (κ1) is 24.9. The van der Waals surface area contributed by atoms with Crippen LogP contribution in [0.3, 0.4) is 0 Å². The van der Waals surface area contributed by atoms with E-state index in [4.69, 9.17) is 13.9 Å². The van der Waals surface area contributed by atoms with Crippen LogP contribution < -0.4 is 14.8 Å². The number of benzene rings is 3. The van der Waals surface area contributed by atoms with Gasteiger partial charge in [-0.25, -0.2) is 8.42 Å². The minimum Gasteiger partial charge on any atom is -0.497 e. The van der Waals surface area contributed by atoms with Gasteiger partial charge in [0.15, 0.2) is 0 Å². The van der Waals surface area contributed by atoms with Crippen LogP contribution in [0, 0.1) is 0 Å². The zero-order valence-corrected chi connectivity index (χ0v) is 20.7. The highest BCUT2D eigenvalue weighted by atomic mass is 32.2. The fraction of sp³-hybridized carbons (Fsp3) is 0.160. The molecule has 0 atom stereocenters. The van der Waals surface area contributed by atoms with E-state index in [-0.39, 0.29) is 28.9 Å². The molecule has 0 aliphatic heterocycles. The summed E-state index contributed by atoms with van der Waals surface area (Å²) < 4.78 is 43.2. The van der Waals surface area contributed by atoms with Gasteiger partial charge in [0.25, 0.3) is 11.8 Å². The van der Waals surface area contributed by atoms with Gasteiger partial charge >= 0.3 is 6.01 Å². The van der Waals surface area contributed by atoms with E-state index >= 15 is 0 Å². The summed E-state index contributed by atoms with van der Waals surface area (Å²) in [7, 11) is 0.812. The summed E-state index contributed by atoms with van der Waals surface area (Å²) in [5.74, 6) is 0.673. The number of hydrogen-bond acceptors (Lipinski definition) is 8. The van der Waals surface area contributed by atoms with Crippen molar-refractivity contribution in [3.8, 4) is 23.0 Å². The first-order valence-electron chi connectivity index (χ1n) is 10.8. The molecular formula is C25H24N4O6S. The molecule has 1 N–H and O–H groups in total. The van der Waals surface area contributed by atoms with Crippen LogP contribution in [0.2, 0.25) is 0 Å². The van der Waals surface area contributed by atoms with Gasteiger partial charge in [0.05, 0.1) is 24.7 Å². The van der Waals surface area contributed by atoms with Crippen LogP contribution in [0.4, 0.5) is 6.01 Å². The summed E-state index contributed by atoms with van der Waals surface area (Å²) in [6, 6.07) is 19.8. The van der Waals surface area contributed by atoms with Crippen LogP contribution >= 0.6 is 0 Å². The van der Waals surface area contributed by atoms with E-state index in [0.29, 0.717) is 17.1 Å². The average molecular weight is 509 g/mol. The van der Waals surface area contributed by atoms with Gasteiger partial charge < -0.3 is 13.9 Å². The zero-order chi connectivity index (χ0) is 25.7. The monoisotopic (exact) mass is 508 g/mol. The molecule has 4 aromatic rings. The number of ether oxygens (including phenoxy) is 2. The molecule has 0 radical (unpaired) electrons. The maximum absolute atomic E-state index is 12.9. The second-order valence-corrected chi connectivity index (χ2v) is 9.75. The number of nitrogens with zero attached hydrogens (tertiary/aromatic N) is 3. The number of rotatable bonds is 9. The zero-order valence-electron chi connectivity index (χ0n) is 19.8. The van der Waals surface area contributed by atoms with E-state index < -0.39 is 15.9 Å². The third-order valence-corrected chi connectivity index (χ3v) is 7.17. The summed E-state index contributed by atoms with van der Waals surface area (Å²) in [6.45, 7) is 0.226. The fourth-order valence-electron chi connectivity index (χ4n) is 3.41. The lowest BCUT2D eigenvalue weighted by atomic mass is 10.2. The fourth-order valence-corrected chi connectivity index (χ4v) is 4.57. The van der Waals surface area contributed by atoms with Gasteiger partial charge in [-0.05, 0) is 42.0 Å². The first-order valence-corrected chi connectivity index (χ1v) is 12.2. The molecule has 0 aliphatic rings. The van der Waals surface area contributed by atoms with Crippen LogP contribution in [0.1, 0.15) is 15.9 Å². The predicted molar refractivity (Wildman–Crippen MR) is 132 cm³/mol. The highest BCUT2D eigenvalue weighted by Gasteiger charge is 2.22. The molecule has 10 nitrogen and oxygen atoms in total. The molecule has 4 rings (SSSR count). The number of methoxy groups -OCH3 is 2. The topological polar surface area (TPSA) is 124 Å². The van der Waals surface area contributed by atoms with Gasteiger partial charge in [0.2, 0.25) is 10.0 Å². The Morgan fingerprint density at radius 2 is 1.69 bits per heavy atom. The number of anilines is 1. The van der Waals surface area contributed by atoms with Crippen molar-refractivity contribution in [3.63, 3.8) is 0 Å². The third-order valence-electron chi connectivity index (χ3n) is 5.36. The highest BCUT2D eigenvalue weighted by Crippen LogP contribution is 2.33. The number of aromatic nitrogens is 2. The minimum absolute atomic E-state index is 0.0733. The molecule has 0 aliphatic carbocycles. The molecule has 0 bridgehead atoms. The molecule has 0 unspecified atom stereocenters. The van der Waals surface area contributed by atoms with Crippen LogP contribution in [0.25, 0.3) is 11.5 Å². The molecule has 0 fully saturated rings. The van der Waals surface area contributed by atoms with Gasteiger partial charge in [-0.15, -0.1) is 5.10 Å².